The first-order chi connectivity index (χ1) is 15.6. The Kier molecular flexibility index (Phi) is 22.9. The molecule has 0 radical (unpaired) electrons. The molecule has 0 spiro atoms. The molecule has 0 aromatic heterocycles. The number of carbonyl (C=O) groups excluding carboxylic acids is 2. The molecule has 1 atom stereocenters. The fraction of sp³-hybridized carbons (Fsp3) is 0.786. The van der Waals surface area contributed by atoms with Gasteiger partial charge in [0.2, 0.25) is 0 Å². The van der Waals surface area contributed by atoms with E-state index in [4.69, 9.17) is 9.47 Å². The molecule has 0 aliphatic heterocycles. The van der Waals surface area contributed by atoms with Gasteiger partial charge in [0, 0.05) is 12.2 Å². The Labute approximate surface area is 198 Å². The average Bonchev–Trinajstić information content (AvgIpc) is 2.80. The number of hydrogen-bond acceptors (Lipinski definition) is 4. The molecule has 4 nitrogen and oxygen atoms in total. The lowest BCUT2D eigenvalue weighted by atomic mass is 10.0. The highest BCUT2D eigenvalue weighted by Crippen LogP contribution is 2.16. The third-order valence-corrected chi connectivity index (χ3v) is 5.89. The summed E-state index contributed by atoms with van der Waals surface area (Å²) < 4.78 is 10.4. The van der Waals surface area contributed by atoms with Crippen LogP contribution in [0.2, 0.25) is 0 Å². The molecule has 0 aliphatic carbocycles. The van der Waals surface area contributed by atoms with E-state index in [0.29, 0.717) is 6.61 Å². The summed E-state index contributed by atoms with van der Waals surface area (Å²) in [7, 11) is 0. The molecule has 0 bridgehead atoms. The Hall–Kier alpha value is -1.58. The molecule has 0 saturated heterocycles. The van der Waals surface area contributed by atoms with E-state index in [-0.39, 0.29) is 18.0 Å². The predicted octanol–water partition coefficient (Wildman–Crippen LogP) is 8.25. The normalized spacial score (nSPS) is 11.7. The van der Waals surface area contributed by atoms with Crippen LogP contribution in [0.4, 0.5) is 0 Å². The summed E-state index contributed by atoms with van der Waals surface area (Å²) in [4.78, 5) is 22.3. The zero-order valence-electron chi connectivity index (χ0n) is 20.9. The first kappa shape index (κ1) is 30.4. The molecule has 0 aliphatic rings. The number of ether oxygens (including phenoxy) is 2. The Bertz CT molecular complexity index is 472. The fourth-order valence-electron chi connectivity index (χ4n) is 3.98. The highest BCUT2D eigenvalue weighted by molar-refractivity contribution is 5.81. The van der Waals surface area contributed by atoms with Gasteiger partial charge in [0.05, 0.1) is 6.61 Å². The fourth-order valence-corrected chi connectivity index (χ4v) is 3.98. The summed E-state index contributed by atoms with van der Waals surface area (Å²) in [6.07, 6.45) is 26.1. The van der Waals surface area contributed by atoms with Crippen LogP contribution in [-0.4, -0.2) is 24.6 Å². The molecular weight excluding hydrogens is 400 g/mol. The summed E-state index contributed by atoms with van der Waals surface area (Å²) >= 11 is 0. The van der Waals surface area contributed by atoms with Crippen molar-refractivity contribution in [3.63, 3.8) is 0 Å². The van der Waals surface area contributed by atoms with Gasteiger partial charge in [-0.1, -0.05) is 116 Å². The topological polar surface area (TPSA) is 52.6 Å². The predicted molar refractivity (Wildman–Crippen MR) is 135 cm³/mol. The van der Waals surface area contributed by atoms with Gasteiger partial charge >= 0.3 is 11.9 Å². The first-order valence-corrected chi connectivity index (χ1v) is 13.3. The van der Waals surface area contributed by atoms with Crippen LogP contribution in [-0.2, 0) is 19.1 Å². The van der Waals surface area contributed by atoms with Crippen molar-refractivity contribution in [1.82, 2.24) is 0 Å². The maximum Gasteiger partial charge on any atom is 0.330 e. The molecule has 0 heterocycles. The smallest absolute Gasteiger partial charge is 0.330 e. The van der Waals surface area contributed by atoms with E-state index in [9.17, 15) is 9.59 Å². The lowest BCUT2D eigenvalue weighted by molar-refractivity contribution is -0.143. The van der Waals surface area contributed by atoms with Crippen molar-refractivity contribution in [3.8, 4) is 0 Å². The average molecular weight is 451 g/mol. The zero-order chi connectivity index (χ0) is 23.7. The van der Waals surface area contributed by atoms with Crippen molar-refractivity contribution in [2.24, 2.45) is 0 Å². The van der Waals surface area contributed by atoms with E-state index in [0.717, 1.165) is 38.5 Å². The maximum absolute atomic E-state index is 11.4. The summed E-state index contributed by atoms with van der Waals surface area (Å²) in [5, 5.41) is 0. The van der Waals surface area contributed by atoms with Gasteiger partial charge in [-0.25, -0.2) is 9.59 Å². The van der Waals surface area contributed by atoms with Gasteiger partial charge in [0.1, 0.15) is 6.10 Å². The molecule has 1 unspecified atom stereocenters. The van der Waals surface area contributed by atoms with Crippen molar-refractivity contribution in [3.05, 3.63) is 25.3 Å². The van der Waals surface area contributed by atoms with Crippen molar-refractivity contribution in [2.45, 2.75) is 135 Å². The lowest BCUT2D eigenvalue weighted by Crippen LogP contribution is -2.16. The molecular formula is C28H50O4. The van der Waals surface area contributed by atoms with Crippen LogP contribution < -0.4 is 0 Å². The van der Waals surface area contributed by atoms with Crippen LogP contribution >= 0.6 is 0 Å². The largest absolute Gasteiger partial charge is 0.463 e. The Morgan fingerprint density at radius 3 is 1.44 bits per heavy atom. The summed E-state index contributed by atoms with van der Waals surface area (Å²) in [5.41, 5.74) is 0. The van der Waals surface area contributed by atoms with Crippen molar-refractivity contribution < 1.29 is 19.1 Å². The minimum absolute atomic E-state index is 0.0689. The van der Waals surface area contributed by atoms with Crippen LogP contribution in [0.15, 0.2) is 25.3 Å². The minimum Gasteiger partial charge on any atom is -0.463 e. The van der Waals surface area contributed by atoms with Gasteiger partial charge in [0.15, 0.2) is 0 Å². The second-order valence-electron chi connectivity index (χ2n) is 8.87. The van der Waals surface area contributed by atoms with Gasteiger partial charge in [-0.2, -0.15) is 0 Å². The lowest BCUT2D eigenvalue weighted by Gasteiger charge is -2.16. The minimum atomic E-state index is -0.314. The van der Waals surface area contributed by atoms with Crippen molar-refractivity contribution in [2.75, 3.05) is 6.61 Å². The van der Waals surface area contributed by atoms with E-state index in [1.165, 1.54) is 95.6 Å². The Balaban J connectivity index is 3.27. The number of esters is 2. The SMILES string of the molecule is C=CC(=O)OCCCCCCCCCCCCCCCCCCC(CCC)OC(=O)C=C. The molecule has 32 heavy (non-hydrogen) atoms. The Morgan fingerprint density at radius 1 is 0.625 bits per heavy atom. The van der Waals surface area contributed by atoms with Gasteiger partial charge in [-0.15, -0.1) is 0 Å². The number of rotatable bonds is 24. The molecule has 0 rings (SSSR count). The second kappa shape index (κ2) is 24.1. The molecule has 0 aromatic rings. The van der Waals surface area contributed by atoms with Crippen LogP contribution in [0.25, 0.3) is 0 Å². The molecule has 0 N–H and O–H groups in total. The van der Waals surface area contributed by atoms with Gasteiger partial charge < -0.3 is 9.47 Å². The van der Waals surface area contributed by atoms with E-state index >= 15 is 0 Å². The van der Waals surface area contributed by atoms with Crippen LogP contribution in [0.1, 0.15) is 129 Å². The van der Waals surface area contributed by atoms with Crippen molar-refractivity contribution >= 4 is 11.9 Å². The molecule has 0 saturated carbocycles. The number of carbonyl (C=O) groups is 2. The summed E-state index contributed by atoms with van der Waals surface area (Å²) in [5.74, 6) is -0.602. The van der Waals surface area contributed by atoms with E-state index in [1.807, 2.05) is 0 Å². The quantitative estimate of drug-likeness (QED) is 0.0843. The second-order valence-corrected chi connectivity index (χ2v) is 8.87. The molecule has 186 valence electrons. The Morgan fingerprint density at radius 2 is 1.03 bits per heavy atom. The van der Waals surface area contributed by atoms with Crippen LogP contribution in [0.3, 0.4) is 0 Å². The van der Waals surface area contributed by atoms with E-state index in [2.05, 4.69) is 20.1 Å². The molecule has 4 heteroatoms. The number of unbranched alkanes of at least 4 members (excludes halogenated alkanes) is 15. The maximum atomic E-state index is 11.4. The summed E-state index contributed by atoms with van der Waals surface area (Å²) in [6.45, 7) is 9.52. The van der Waals surface area contributed by atoms with Gasteiger partial charge in [0.25, 0.3) is 0 Å². The van der Waals surface area contributed by atoms with Crippen molar-refractivity contribution in [1.29, 1.82) is 0 Å². The molecule has 0 amide bonds. The highest BCUT2D eigenvalue weighted by atomic mass is 16.5. The molecule has 0 fully saturated rings. The first-order valence-electron chi connectivity index (χ1n) is 13.3. The summed E-state index contributed by atoms with van der Waals surface area (Å²) in [6, 6.07) is 0. The van der Waals surface area contributed by atoms with Gasteiger partial charge in [-0.3, -0.25) is 0 Å². The monoisotopic (exact) mass is 450 g/mol. The standard InChI is InChI=1S/C28H50O4/c1-4-23-26(32-28(30)6-3)24-21-19-17-15-13-11-9-7-8-10-12-14-16-18-20-22-25-31-27(29)5-2/h5-6,26H,2-4,7-25H2,1H3. The van der Waals surface area contributed by atoms with E-state index in [1.54, 1.807) is 0 Å². The number of hydrogen-bond donors (Lipinski definition) is 0. The zero-order valence-corrected chi connectivity index (χ0v) is 20.9. The van der Waals surface area contributed by atoms with E-state index < -0.39 is 0 Å². The third-order valence-electron chi connectivity index (χ3n) is 5.89. The van der Waals surface area contributed by atoms with Crippen LogP contribution in [0, 0.1) is 0 Å². The van der Waals surface area contributed by atoms with Gasteiger partial charge in [-0.05, 0) is 25.7 Å². The highest BCUT2D eigenvalue weighted by Gasteiger charge is 2.11. The molecule has 0 aromatic carbocycles. The third kappa shape index (κ3) is 21.6. The van der Waals surface area contributed by atoms with Crippen LogP contribution in [0.5, 0.6) is 0 Å².